The molecule has 16 rings (SSSR count). The van der Waals surface area contributed by atoms with E-state index in [1.54, 1.807) is 68.0 Å². The van der Waals surface area contributed by atoms with Crippen LogP contribution in [-0.2, 0) is 37.3 Å². The number of aromatic nitrogens is 14. The summed E-state index contributed by atoms with van der Waals surface area (Å²) in [5.41, 5.74) is 16.6. The van der Waals surface area contributed by atoms with Crippen molar-refractivity contribution in [3.8, 4) is 50.4 Å². The molecular weight excluding hydrogens is 1510 g/mol. The largest absolute Gasteiger partial charge is 0.494 e. The molecule has 0 aliphatic rings. The Kier molecular flexibility index (Phi) is 25.1. The molecule has 27 heteroatoms. The predicted molar refractivity (Wildman–Crippen MR) is 432 cm³/mol. The maximum Gasteiger partial charge on any atom is 0.270 e. The van der Waals surface area contributed by atoms with Gasteiger partial charge in [0.15, 0.2) is 15.8 Å². The van der Waals surface area contributed by atoms with Crippen LogP contribution in [0.3, 0.4) is 0 Å². The van der Waals surface area contributed by atoms with Crippen LogP contribution in [0.5, 0.6) is 5.75 Å². The van der Waals surface area contributed by atoms with Crippen LogP contribution in [0.4, 0.5) is 8.78 Å². The van der Waals surface area contributed by atoms with Crippen LogP contribution in [0.15, 0.2) is 237 Å². The second-order valence-electron chi connectivity index (χ2n) is 25.9. The zero-order valence-corrected chi connectivity index (χ0v) is 64.9. The van der Waals surface area contributed by atoms with Gasteiger partial charge < -0.3 is 23.7 Å². The third kappa shape index (κ3) is 18.9. The molecule has 7 aromatic carbocycles. The van der Waals surface area contributed by atoms with Gasteiger partial charge in [-0.1, -0.05) is 118 Å². The summed E-state index contributed by atoms with van der Waals surface area (Å²) in [6, 6.07) is 54.7. The van der Waals surface area contributed by atoms with E-state index in [-0.39, 0.29) is 47.7 Å². The number of aryl methyl sites for hydroxylation is 3. The molecule has 0 fully saturated rings. The summed E-state index contributed by atoms with van der Waals surface area (Å²) in [6.45, 7) is 13.8. The quantitative estimate of drug-likeness (QED) is 0.0655. The number of fused-ring (bicyclic) bond motifs is 2. The average molecular weight is 1580 g/mol. The van der Waals surface area contributed by atoms with E-state index in [9.17, 15) is 28.0 Å². The first kappa shape index (κ1) is 78.2. The number of carbonyl (C=O) groups excluding carboxylic acids is 4. The Bertz CT molecular complexity index is 5830. The van der Waals surface area contributed by atoms with Crippen LogP contribution in [0.2, 0.25) is 10.0 Å². The van der Waals surface area contributed by atoms with Crippen molar-refractivity contribution in [2.24, 2.45) is 0 Å². The lowest BCUT2D eigenvalue weighted by atomic mass is 9.99. The number of ether oxygens (including phenoxy) is 1. The van der Waals surface area contributed by atoms with Crippen molar-refractivity contribution in [2.45, 2.75) is 74.0 Å². The molecule has 0 aliphatic heterocycles. The predicted octanol–water partition coefficient (Wildman–Crippen LogP) is 18.1. The number of nitrogens with zero attached hydrogens (tertiary/aromatic N) is 14. The van der Waals surface area contributed by atoms with Crippen LogP contribution in [0.25, 0.3) is 66.4 Å². The fourth-order valence-corrected chi connectivity index (χ4v) is 14.3. The average Bonchev–Trinajstić information content (AvgIpc) is 1.62. The minimum absolute atomic E-state index is 0.0224. The first-order valence-corrected chi connectivity index (χ1v) is 37.8. The molecule has 0 saturated heterocycles. The van der Waals surface area contributed by atoms with Crippen LogP contribution < -0.4 is 10.1 Å². The van der Waals surface area contributed by atoms with E-state index in [2.05, 4.69) is 110 Å². The summed E-state index contributed by atoms with van der Waals surface area (Å²) >= 11 is 14.5. The highest BCUT2D eigenvalue weighted by molar-refractivity contribution is 7.16. The molecule has 16 aromatic rings. The van der Waals surface area contributed by atoms with Crippen molar-refractivity contribution in [1.29, 1.82) is 0 Å². The van der Waals surface area contributed by atoms with Crippen molar-refractivity contribution >= 4 is 91.1 Å². The lowest BCUT2D eigenvalue weighted by Crippen LogP contribution is -2.23. The molecule has 113 heavy (non-hydrogen) atoms. The standard InChI is InChI=1S/C25H19ClN4OS.C24H18ClN5OS.C24H20FN3O3.C13H12FN3O/c1-15-3-8-22-19(11-15)24(16(2)30(22)13-17-4-6-18(26)7-5-17)25(31)23-12-21(29-32-23)20-9-10-27-14-28-20;1-14-3-8-20-18(11-14)21(15(2)30(20)12-16-4-6-17(25)7-5-16)22(31)24-29-28-23(32-24)19-9-10-26-13-27-19;1-2-30-21-6-4-3-5-17(21)13-19(29)14-22-23(20-11-12-26-15-27-20)24(28-31-22)16-7-9-18(25)10-8-16;1-9-6-10(2-3-11(9)14)7-16-13(18)12-4-5-15-8-17-12/h3-12,14H,13H2,1-2H3;3-11,13H,12H2,1-2H3;3-12,15H,2,13-14H2,1H3;2-6,8H,7H2,1H3,(H,16,18). The van der Waals surface area contributed by atoms with Crippen molar-refractivity contribution in [3.63, 3.8) is 0 Å². The molecule has 1 amide bonds. The number of Topliss-reactive ketones (excluding diaryl/α,β-unsaturated/α-hetero) is 1. The van der Waals surface area contributed by atoms with Gasteiger partial charge in [0.1, 0.15) is 71.3 Å². The number of halogens is 4. The van der Waals surface area contributed by atoms with Crippen molar-refractivity contribution < 1.29 is 37.2 Å². The molecule has 0 atom stereocenters. The van der Waals surface area contributed by atoms with Gasteiger partial charge in [-0.3, -0.25) is 19.2 Å². The van der Waals surface area contributed by atoms with Crippen LogP contribution >= 0.6 is 46.1 Å². The Morgan fingerprint density at radius 1 is 0.558 bits per heavy atom. The molecule has 0 bridgehead atoms. The molecule has 21 nitrogen and oxygen atoms in total. The first-order valence-electron chi connectivity index (χ1n) is 35.5. The summed E-state index contributed by atoms with van der Waals surface area (Å²) in [4.78, 5) is 84.6. The number of ketones is 3. The normalized spacial score (nSPS) is 10.9. The van der Waals surface area contributed by atoms with Gasteiger partial charge in [0.2, 0.25) is 11.6 Å². The SMILES string of the molecule is CCOc1ccccc1CC(=O)Cc1onc(-c2ccc(F)cc2)c1-c1ccncn1.Cc1cc(CNC(=O)c2ccncn2)ccc1F.Cc1ccc2c(c1)c(C(=O)c1cc(-c3ccncn3)ns1)c(C)n2Cc1ccc(Cl)cc1.Cc1ccc2c(c1)c(C(=O)c1nnc(-c3ccncn3)s1)c(C)n2Cc1ccc(Cl)cc1. The number of carbonyl (C=O) groups is 4. The summed E-state index contributed by atoms with van der Waals surface area (Å²) in [5.74, 6) is 0.0103. The van der Waals surface area contributed by atoms with Crippen molar-refractivity contribution in [2.75, 3.05) is 6.61 Å². The molecule has 0 saturated carbocycles. The minimum atomic E-state index is -0.348. The zero-order valence-electron chi connectivity index (χ0n) is 61.7. The van der Waals surface area contributed by atoms with Crippen LogP contribution in [-0.4, -0.2) is 98.6 Å². The second-order valence-corrected chi connectivity index (χ2v) is 28.6. The summed E-state index contributed by atoms with van der Waals surface area (Å²) < 4.78 is 46.4. The van der Waals surface area contributed by atoms with Crippen molar-refractivity contribution in [1.82, 2.24) is 74.1 Å². The number of nitrogens with one attached hydrogen (secondary N) is 1. The molecule has 564 valence electrons. The number of hydrogen-bond acceptors (Lipinski definition) is 20. The van der Waals surface area contributed by atoms with E-state index < -0.39 is 0 Å². The Morgan fingerprint density at radius 2 is 1.12 bits per heavy atom. The Labute approximate surface area is 665 Å². The van der Waals surface area contributed by atoms with Gasteiger partial charge in [0.05, 0.1) is 46.0 Å². The Morgan fingerprint density at radius 3 is 1.70 bits per heavy atom. The monoisotopic (exact) mass is 1580 g/mol. The van der Waals surface area contributed by atoms with Gasteiger partial charge >= 0.3 is 0 Å². The van der Waals surface area contributed by atoms with E-state index in [4.69, 9.17) is 32.5 Å². The maximum absolute atomic E-state index is 13.7. The van der Waals surface area contributed by atoms with E-state index in [1.807, 2.05) is 113 Å². The Hall–Kier alpha value is -12.9. The molecule has 1 N–H and O–H groups in total. The smallest absolute Gasteiger partial charge is 0.270 e. The third-order valence-corrected chi connectivity index (χ3v) is 20.4. The maximum atomic E-state index is 13.7. The Balaban J connectivity index is 0.000000134. The van der Waals surface area contributed by atoms with E-state index >= 15 is 0 Å². The molecule has 9 aromatic heterocycles. The summed E-state index contributed by atoms with van der Waals surface area (Å²) in [6.07, 6.45) is 12.3. The van der Waals surface area contributed by atoms with Crippen LogP contribution in [0.1, 0.15) is 104 Å². The van der Waals surface area contributed by atoms with Gasteiger partial charge in [-0.25, -0.2) is 48.7 Å². The molecule has 0 radical (unpaired) electrons. The van der Waals surface area contributed by atoms with E-state index in [1.165, 1.54) is 78.6 Å². The number of benzene rings is 7. The lowest BCUT2D eigenvalue weighted by Gasteiger charge is -2.09. The van der Waals surface area contributed by atoms with Gasteiger partial charge in [0, 0.05) is 105 Å². The fourth-order valence-electron chi connectivity index (χ4n) is 12.6. The minimum Gasteiger partial charge on any atom is -0.494 e. The van der Waals surface area contributed by atoms with Gasteiger partial charge in [-0.05, 0) is 191 Å². The first-order chi connectivity index (χ1) is 54.8. The number of para-hydroxylation sites is 1. The molecular formula is C86H69Cl2F2N15O6S2. The third-order valence-electron chi connectivity index (χ3n) is 18.1. The van der Waals surface area contributed by atoms with Gasteiger partial charge in [-0.15, -0.1) is 10.2 Å². The second kappa shape index (κ2) is 36.3. The number of amides is 1. The number of rotatable bonds is 21. The number of hydrogen-bond donors (Lipinski definition) is 1. The molecule has 9 heterocycles. The molecule has 0 spiro atoms. The van der Waals surface area contributed by atoms with Crippen LogP contribution in [0, 0.1) is 46.3 Å². The fraction of sp³-hybridized carbons (Fsp3) is 0.140. The van der Waals surface area contributed by atoms with Gasteiger partial charge in [0.25, 0.3) is 5.91 Å². The molecule has 0 unspecified atom stereocenters. The van der Waals surface area contributed by atoms with E-state index in [0.29, 0.717) is 119 Å². The topological polar surface area (TPSA) is 267 Å². The zero-order chi connectivity index (χ0) is 79.1. The highest BCUT2D eigenvalue weighted by atomic mass is 35.5. The molecule has 0 aliphatic carbocycles. The van der Waals surface area contributed by atoms with Gasteiger partial charge in [-0.2, -0.15) is 4.37 Å². The van der Waals surface area contributed by atoms with E-state index in [0.717, 1.165) is 72.1 Å². The summed E-state index contributed by atoms with van der Waals surface area (Å²) in [5, 5.41) is 19.4. The highest BCUT2D eigenvalue weighted by Crippen LogP contribution is 2.37. The van der Waals surface area contributed by atoms with Crippen molar-refractivity contribution in [3.05, 3.63) is 337 Å². The highest BCUT2D eigenvalue weighted by Gasteiger charge is 2.28. The lowest BCUT2D eigenvalue weighted by molar-refractivity contribution is -0.118. The summed E-state index contributed by atoms with van der Waals surface area (Å²) in [7, 11) is 0.